The molecule has 0 spiro atoms. The summed E-state index contributed by atoms with van der Waals surface area (Å²) in [4.78, 5) is 24.6. The highest BCUT2D eigenvalue weighted by Crippen LogP contribution is 2.68. The van der Waals surface area contributed by atoms with Crippen molar-refractivity contribution in [3.63, 3.8) is 0 Å². The zero-order chi connectivity index (χ0) is 20.3. The maximum Gasteiger partial charge on any atom is 0.146 e. The van der Waals surface area contributed by atoms with Crippen molar-refractivity contribution in [3.8, 4) is 0 Å². The highest BCUT2D eigenvalue weighted by Gasteiger charge is 2.61. The topological polar surface area (TPSA) is 43.4 Å². The third-order valence-electron chi connectivity index (χ3n) is 9.29. The van der Waals surface area contributed by atoms with Crippen molar-refractivity contribution in [1.82, 2.24) is 0 Å². The second-order valence-electron chi connectivity index (χ2n) is 10.3. The van der Waals surface area contributed by atoms with E-state index in [-0.39, 0.29) is 22.7 Å². The molecule has 3 nitrogen and oxygen atoms in total. The monoisotopic (exact) mass is 384 g/mol. The summed E-state index contributed by atoms with van der Waals surface area (Å²) in [5, 5.41) is 0. The molecule has 0 bridgehead atoms. The van der Waals surface area contributed by atoms with E-state index in [4.69, 9.17) is 4.74 Å². The van der Waals surface area contributed by atoms with Crippen LogP contribution in [0.25, 0.3) is 0 Å². The first kappa shape index (κ1) is 19.9. The number of fused-ring (bicyclic) bond motifs is 5. The smallest absolute Gasteiger partial charge is 0.146 e. The van der Waals surface area contributed by atoms with E-state index in [2.05, 4.69) is 26.8 Å². The van der Waals surface area contributed by atoms with E-state index < -0.39 is 0 Å². The molecular weight excluding hydrogens is 348 g/mol. The van der Waals surface area contributed by atoms with E-state index in [0.29, 0.717) is 30.1 Å². The molecule has 0 heterocycles. The number of hydrogen-bond donors (Lipinski definition) is 0. The number of ketones is 1. The molecule has 154 valence electrons. The summed E-state index contributed by atoms with van der Waals surface area (Å²) in [5.74, 6) is 3.55. The summed E-state index contributed by atoms with van der Waals surface area (Å²) in [7, 11) is 0. The third-order valence-corrected chi connectivity index (χ3v) is 9.29. The van der Waals surface area contributed by atoms with Gasteiger partial charge in [-0.05, 0) is 97.7 Å². The molecule has 4 aliphatic carbocycles. The standard InChI is InChI=1S/C25H36O3/c1-6-28-17-9-11-25(5)21-10-12-24(4)19(16(3)27)7-8-20(24)23(21)15(2)18(14-26)22(25)13-17/h13-15,19-21,23H,6-12H2,1-5H3/t15-,19-,20+,21+,23+,24-,25-/m1/s1. The second-order valence-corrected chi connectivity index (χ2v) is 10.3. The van der Waals surface area contributed by atoms with E-state index in [0.717, 1.165) is 49.7 Å². The molecule has 0 N–H and O–H groups in total. The van der Waals surface area contributed by atoms with Gasteiger partial charge in [-0.15, -0.1) is 0 Å². The van der Waals surface area contributed by atoms with Gasteiger partial charge in [-0.25, -0.2) is 0 Å². The minimum Gasteiger partial charge on any atom is -0.498 e. The summed E-state index contributed by atoms with van der Waals surface area (Å²) in [6.45, 7) is 11.5. The zero-order valence-corrected chi connectivity index (χ0v) is 18.2. The molecule has 4 rings (SSSR count). The second kappa shape index (κ2) is 6.85. The van der Waals surface area contributed by atoms with Gasteiger partial charge in [0.2, 0.25) is 0 Å². The molecule has 2 saturated carbocycles. The van der Waals surface area contributed by atoms with Gasteiger partial charge in [0, 0.05) is 12.3 Å². The first-order valence-electron chi connectivity index (χ1n) is 11.3. The van der Waals surface area contributed by atoms with Gasteiger partial charge in [0.1, 0.15) is 12.1 Å². The Labute approximate surface area is 170 Å². The fraction of sp³-hybridized carbons (Fsp3) is 0.760. The summed E-state index contributed by atoms with van der Waals surface area (Å²) in [5.41, 5.74) is 2.42. The van der Waals surface area contributed by atoms with Crippen molar-refractivity contribution >= 4 is 12.1 Å². The van der Waals surface area contributed by atoms with Crippen molar-refractivity contribution in [2.45, 2.75) is 73.1 Å². The van der Waals surface area contributed by atoms with Crippen LogP contribution < -0.4 is 0 Å². The van der Waals surface area contributed by atoms with Gasteiger partial charge in [0.15, 0.2) is 0 Å². The van der Waals surface area contributed by atoms with Crippen LogP contribution in [-0.2, 0) is 14.3 Å². The van der Waals surface area contributed by atoms with E-state index >= 15 is 0 Å². The maximum atomic E-state index is 12.4. The van der Waals surface area contributed by atoms with Crippen LogP contribution in [-0.4, -0.2) is 18.7 Å². The number of Topliss-reactive ketones (excluding diaryl/α,β-unsaturated/α-hetero) is 1. The Morgan fingerprint density at radius 2 is 1.96 bits per heavy atom. The van der Waals surface area contributed by atoms with Crippen LogP contribution in [0.15, 0.2) is 23.0 Å². The first-order valence-corrected chi connectivity index (χ1v) is 11.3. The average molecular weight is 385 g/mol. The van der Waals surface area contributed by atoms with Crippen molar-refractivity contribution in [2.75, 3.05) is 6.61 Å². The van der Waals surface area contributed by atoms with Crippen molar-refractivity contribution in [1.29, 1.82) is 0 Å². The number of rotatable bonds is 4. The fourth-order valence-electron chi connectivity index (χ4n) is 7.94. The molecule has 0 aliphatic heterocycles. The van der Waals surface area contributed by atoms with Crippen LogP contribution in [0.5, 0.6) is 0 Å². The number of aldehydes is 1. The van der Waals surface area contributed by atoms with Crippen LogP contribution in [0.4, 0.5) is 0 Å². The average Bonchev–Trinajstić information content (AvgIpc) is 3.01. The normalized spacial score (nSPS) is 44.9. The van der Waals surface area contributed by atoms with E-state index in [1.807, 2.05) is 6.92 Å². The Hall–Kier alpha value is -1.38. The maximum absolute atomic E-state index is 12.4. The van der Waals surface area contributed by atoms with Gasteiger partial charge >= 0.3 is 0 Å². The Kier molecular flexibility index (Phi) is 4.87. The predicted octanol–water partition coefficient (Wildman–Crippen LogP) is 5.50. The van der Waals surface area contributed by atoms with E-state index in [1.165, 1.54) is 12.0 Å². The molecule has 0 aromatic heterocycles. The lowest BCUT2D eigenvalue weighted by atomic mass is 9.45. The molecule has 0 unspecified atom stereocenters. The summed E-state index contributed by atoms with van der Waals surface area (Å²) in [6, 6.07) is 0. The Morgan fingerprint density at radius 1 is 1.21 bits per heavy atom. The molecule has 28 heavy (non-hydrogen) atoms. The van der Waals surface area contributed by atoms with Crippen LogP contribution in [0, 0.1) is 40.4 Å². The Morgan fingerprint density at radius 3 is 2.61 bits per heavy atom. The largest absolute Gasteiger partial charge is 0.498 e. The van der Waals surface area contributed by atoms with Gasteiger partial charge in [0.05, 0.1) is 12.4 Å². The quantitative estimate of drug-likeness (QED) is 0.601. The third kappa shape index (κ3) is 2.60. The number of hydrogen-bond acceptors (Lipinski definition) is 3. The van der Waals surface area contributed by atoms with E-state index in [9.17, 15) is 9.59 Å². The number of ether oxygens (including phenoxy) is 1. The van der Waals surface area contributed by atoms with Crippen LogP contribution in [0.2, 0.25) is 0 Å². The van der Waals surface area contributed by atoms with Gasteiger partial charge < -0.3 is 4.74 Å². The minimum absolute atomic E-state index is 0.0592. The van der Waals surface area contributed by atoms with Crippen LogP contribution in [0.3, 0.4) is 0 Å². The van der Waals surface area contributed by atoms with Crippen LogP contribution >= 0.6 is 0 Å². The molecular formula is C25H36O3. The van der Waals surface area contributed by atoms with Gasteiger partial charge in [-0.3, -0.25) is 9.59 Å². The molecule has 0 aromatic carbocycles. The zero-order valence-electron chi connectivity index (χ0n) is 18.2. The molecule has 3 heteroatoms. The lowest BCUT2D eigenvalue weighted by Gasteiger charge is -2.59. The molecule has 7 atom stereocenters. The summed E-state index contributed by atoms with van der Waals surface area (Å²) >= 11 is 0. The van der Waals surface area contributed by atoms with Crippen LogP contribution in [0.1, 0.15) is 73.1 Å². The molecule has 0 amide bonds. The van der Waals surface area contributed by atoms with Crippen molar-refractivity contribution in [3.05, 3.63) is 23.0 Å². The molecule has 4 aliphatic rings. The molecule has 0 aromatic rings. The lowest BCUT2D eigenvalue weighted by molar-refractivity contribution is -0.128. The van der Waals surface area contributed by atoms with Crippen molar-refractivity contribution in [2.24, 2.45) is 40.4 Å². The number of allylic oxidation sites excluding steroid dienone is 4. The minimum atomic E-state index is 0.0592. The number of carbonyl (C=O) groups excluding carboxylic acids is 2. The van der Waals surface area contributed by atoms with Gasteiger partial charge in [-0.2, -0.15) is 0 Å². The van der Waals surface area contributed by atoms with Gasteiger partial charge in [-0.1, -0.05) is 20.8 Å². The van der Waals surface area contributed by atoms with E-state index in [1.54, 1.807) is 6.92 Å². The Bertz CT molecular complexity index is 747. The molecule has 2 fully saturated rings. The Balaban J connectivity index is 1.79. The van der Waals surface area contributed by atoms with Gasteiger partial charge in [0.25, 0.3) is 0 Å². The molecule has 0 saturated heterocycles. The SMILES string of the molecule is CCOC1=CC2=C(C=O)[C@@H](C)[C@H]3[C@@H]4CC[C@H](C(C)=O)[C@@]4(C)CC[C@@H]3[C@@]2(C)CC1. The lowest BCUT2D eigenvalue weighted by Crippen LogP contribution is -2.53. The summed E-state index contributed by atoms with van der Waals surface area (Å²) < 4.78 is 5.84. The fourth-order valence-corrected chi connectivity index (χ4v) is 7.94. The predicted molar refractivity (Wildman–Crippen MR) is 111 cm³/mol. The van der Waals surface area contributed by atoms with Crippen molar-refractivity contribution < 1.29 is 14.3 Å². The molecule has 0 radical (unpaired) electrons. The highest BCUT2D eigenvalue weighted by molar-refractivity contribution is 5.80. The first-order chi connectivity index (χ1) is 13.3. The summed E-state index contributed by atoms with van der Waals surface area (Å²) in [6.07, 6.45) is 9.86. The number of carbonyl (C=O) groups is 2. The highest BCUT2D eigenvalue weighted by atomic mass is 16.5.